The molecule has 0 radical (unpaired) electrons. The zero-order valence-corrected chi connectivity index (χ0v) is 29.0. The highest BCUT2D eigenvalue weighted by atomic mass is 15.4. The standard InChI is InChI=1S/C40H66N6/c1-4-18-45-24-40(22-26(33(45)11-1)20-25-8-6-16-41-38(25)40)35-13-5-10-31(42-35)29-14-15-32-36-27-21-30(34-12-2-3-17-44(34)23-27)28-9-7-19-46(37(28)36)39(29)43-32/h25-39,41-43H,1-24H2/t25-,26-,27-,28+,29+,30-,31-,32+,33-,34+,35+,36+,37+,38+,39+,40+/m1/s1. The summed E-state index contributed by atoms with van der Waals surface area (Å²) in [4.78, 5) is 9.24. The van der Waals surface area contributed by atoms with E-state index in [1.165, 1.54) is 148 Å². The summed E-state index contributed by atoms with van der Waals surface area (Å²) in [6.45, 7) is 8.24. The van der Waals surface area contributed by atoms with Crippen LogP contribution in [-0.4, -0.2) is 102 Å². The molecular formula is C40H66N6. The topological polar surface area (TPSA) is 45.8 Å². The van der Waals surface area contributed by atoms with Crippen molar-refractivity contribution < 1.29 is 0 Å². The van der Waals surface area contributed by atoms with E-state index in [0.717, 1.165) is 71.6 Å². The first-order valence-electron chi connectivity index (χ1n) is 21.2. The minimum Gasteiger partial charge on any atom is -0.313 e. The van der Waals surface area contributed by atoms with Gasteiger partial charge in [0.15, 0.2) is 0 Å². The van der Waals surface area contributed by atoms with Crippen molar-refractivity contribution in [1.82, 2.24) is 30.7 Å². The van der Waals surface area contributed by atoms with Gasteiger partial charge in [-0.3, -0.25) is 20.0 Å². The Labute approximate surface area is 280 Å². The predicted molar refractivity (Wildman–Crippen MR) is 184 cm³/mol. The van der Waals surface area contributed by atoms with Gasteiger partial charge >= 0.3 is 0 Å². The van der Waals surface area contributed by atoms with Crippen molar-refractivity contribution in [3.63, 3.8) is 0 Å². The molecule has 0 spiro atoms. The van der Waals surface area contributed by atoms with Crippen LogP contribution in [0.3, 0.4) is 0 Å². The second-order valence-corrected chi connectivity index (χ2v) is 19.3. The number of fused-ring (bicyclic) bond motifs is 16. The maximum atomic E-state index is 4.65. The van der Waals surface area contributed by atoms with Crippen molar-refractivity contribution >= 4 is 0 Å². The summed E-state index contributed by atoms with van der Waals surface area (Å²) < 4.78 is 0. The maximum Gasteiger partial charge on any atom is 0.0646 e. The Morgan fingerprint density at radius 1 is 0.587 bits per heavy atom. The van der Waals surface area contributed by atoms with E-state index < -0.39 is 0 Å². The molecule has 256 valence electrons. The lowest BCUT2D eigenvalue weighted by molar-refractivity contribution is -0.181. The fraction of sp³-hybridized carbons (Fsp3) is 1.00. The number of nitrogens with one attached hydrogen (secondary N) is 3. The highest BCUT2D eigenvalue weighted by molar-refractivity contribution is 5.17. The Kier molecular flexibility index (Phi) is 7.30. The summed E-state index contributed by atoms with van der Waals surface area (Å²) in [6.07, 6.45) is 27.2. The minimum absolute atomic E-state index is 0.450. The normalized spacial score (nSPS) is 57.0. The van der Waals surface area contributed by atoms with Crippen molar-refractivity contribution in [2.75, 3.05) is 39.3 Å². The molecule has 11 aliphatic rings. The van der Waals surface area contributed by atoms with Crippen LogP contribution in [0.2, 0.25) is 0 Å². The molecule has 0 aromatic rings. The quantitative estimate of drug-likeness (QED) is 0.398. The molecule has 2 aliphatic carbocycles. The van der Waals surface area contributed by atoms with Gasteiger partial charge in [-0.15, -0.1) is 0 Å². The molecule has 9 heterocycles. The molecule has 16 atom stereocenters. The van der Waals surface area contributed by atoms with Crippen LogP contribution < -0.4 is 16.0 Å². The number of nitrogens with zero attached hydrogens (tertiary/aromatic N) is 3. The first-order chi connectivity index (χ1) is 22.7. The molecule has 6 bridgehead atoms. The van der Waals surface area contributed by atoms with Gasteiger partial charge in [0.2, 0.25) is 0 Å². The van der Waals surface area contributed by atoms with Crippen LogP contribution in [0, 0.1) is 46.8 Å². The van der Waals surface area contributed by atoms with Crippen LogP contribution in [0.4, 0.5) is 0 Å². The summed E-state index contributed by atoms with van der Waals surface area (Å²) in [5, 5.41) is 13.4. The van der Waals surface area contributed by atoms with Gasteiger partial charge in [-0.05, 0) is 158 Å². The van der Waals surface area contributed by atoms with E-state index in [1.807, 2.05) is 0 Å². The van der Waals surface area contributed by atoms with Crippen molar-refractivity contribution in [1.29, 1.82) is 0 Å². The predicted octanol–water partition coefficient (Wildman–Crippen LogP) is 5.04. The smallest absolute Gasteiger partial charge is 0.0646 e. The van der Waals surface area contributed by atoms with E-state index in [0.29, 0.717) is 23.7 Å². The summed E-state index contributed by atoms with van der Waals surface area (Å²) >= 11 is 0. The van der Waals surface area contributed by atoms with Crippen LogP contribution >= 0.6 is 0 Å². The van der Waals surface area contributed by atoms with Gasteiger partial charge in [-0.1, -0.05) is 19.3 Å². The molecule has 0 aromatic carbocycles. The van der Waals surface area contributed by atoms with Gasteiger partial charge in [0.05, 0.1) is 6.17 Å². The van der Waals surface area contributed by atoms with Gasteiger partial charge in [0, 0.05) is 66.7 Å². The largest absolute Gasteiger partial charge is 0.313 e. The molecule has 11 fully saturated rings. The van der Waals surface area contributed by atoms with Crippen molar-refractivity contribution in [3.05, 3.63) is 0 Å². The molecule has 9 aliphatic heterocycles. The van der Waals surface area contributed by atoms with E-state index in [2.05, 4.69) is 30.7 Å². The van der Waals surface area contributed by atoms with Gasteiger partial charge in [-0.2, -0.15) is 0 Å². The van der Waals surface area contributed by atoms with E-state index in [4.69, 9.17) is 0 Å². The van der Waals surface area contributed by atoms with Crippen LogP contribution in [0.5, 0.6) is 0 Å². The monoisotopic (exact) mass is 631 g/mol. The average Bonchev–Trinajstić information content (AvgIpc) is 3.11. The Morgan fingerprint density at radius 2 is 1.50 bits per heavy atom. The Bertz CT molecular complexity index is 1140. The highest BCUT2D eigenvalue weighted by Crippen LogP contribution is 2.58. The van der Waals surface area contributed by atoms with Gasteiger partial charge in [0.25, 0.3) is 0 Å². The summed E-state index contributed by atoms with van der Waals surface area (Å²) in [5.74, 6) is 6.53. The minimum atomic E-state index is 0.450. The van der Waals surface area contributed by atoms with E-state index in [-0.39, 0.29) is 0 Å². The first kappa shape index (κ1) is 29.5. The van der Waals surface area contributed by atoms with Crippen LogP contribution in [0.15, 0.2) is 0 Å². The van der Waals surface area contributed by atoms with Crippen molar-refractivity contribution in [2.24, 2.45) is 46.8 Å². The first-order valence-corrected chi connectivity index (χ1v) is 21.2. The molecule has 3 N–H and O–H groups in total. The maximum absolute atomic E-state index is 4.65. The Hall–Kier alpha value is -0.240. The number of hydrogen-bond donors (Lipinski definition) is 3. The number of hydrogen-bond acceptors (Lipinski definition) is 6. The van der Waals surface area contributed by atoms with Crippen LogP contribution in [0.1, 0.15) is 116 Å². The van der Waals surface area contributed by atoms with Crippen LogP contribution in [-0.2, 0) is 0 Å². The number of piperidine rings is 8. The molecule has 0 unspecified atom stereocenters. The zero-order valence-electron chi connectivity index (χ0n) is 29.0. The third-order valence-electron chi connectivity index (χ3n) is 17.7. The lowest BCUT2D eigenvalue weighted by Gasteiger charge is -2.68. The summed E-state index contributed by atoms with van der Waals surface area (Å²) in [5.41, 5.74) is 0.450. The fourth-order valence-electron chi connectivity index (χ4n) is 16.4. The van der Waals surface area contributed by atoms with Gasteiger partial charge in [-0.25, -0.2) is 0 Å². The molecule has 6 heteroatoms. The second kappa shape index (κ2) is 11.4. The molecule has 11 rings (SSSR count). The molecule has 0 amide bonds. The zero-order chi connectivity index (χ0) is 30.0. The van der Waals surface area contributed by atoms with Crippen molar-refractivity contribution in [2.45, 2.75) is 164 Å². The molecule has 46 heavy (non-hydrogen) atoms. The second-order valence-electron chi connectivity index (χ2n) is 19.3. The lowest BCUT2D eigenvalue weighted by Crippen LogP contribution is -2.78. The Morgan fingerprint density at radius 3 is 2.46 bits per heavy atom. The average molecular weight is 631 g/mol. The molecule has 9 saturated heterocycles. The number of rotatable bonds is 2. The molecule has 0 aromatic heterocycles. The molecular weight excluding hydrogens is 564 g/mol. The molecule has 2 saturated carbocycles. The molecule has 6 nitrogen and oxygen atoms in total. The van der Waals surface area contributed by atoms with Gasteiger partial charge in [0.1, 0.15) is 0 Å². The lowest BCUT2D eigenvalue weighted by atomic mass is 9.52. The third-order valence-corrected chi connectivity index (χ3v) is 17.7. The van der Waals surface area contributed by atoms with Gasteiger partial charge < -0.3 is 10.6 Å². The van der Waals surface area contributed by atoms with E-state index in [1.54, 1.807) is 6.42 Å². The Balaban J connectivity index is 0.877. The highest BCUT2D eigenvalue weighted by Gasteiger charge is 2.63. The summed E-state index contributed by atoms with van der Waals surface area (Å²) in [6, 6.07) is 5.68. The summed E-state index contributed by atoms with van der Waals surface area (Å²) in [7, 11) is 0. The van der Waals surface area contributed by atoms with E-state index in [9.17, 15) is 0 Å². The van der Waals surface area contributed by atoms with Crippen LogP contribution in [0.25, 0.3) is 0 Å². The SMILES string of the molecule is C1CN[C@H]2[C@H](C1)C[C@@H]1C[C@@]2([C@@H]2CCC[C@H]([C@@H]3CC[C@@H]4N[C@H]3N3CCC[C@H]5[C@H]6C[C@H](CN7CCCC[C@@H]67)[C@@H]4[C@H]53)N2)CN2CCCC[C@H]12. The fourth-order valence-corrected chi connectivity index (χ4v) is 16.4. The van der Waals surface area contributed by atoms with E-state index >= 15 is 0 Å². The van der Waals surface area contributed by atoms with Crippen molar-refractivity contribution in [3.8, 4) is 0 Å². The third kappa shape index (κ3) is 4.34.